The van der Waals surface area contributed by atoms with E-state index in [0.29, 0.717) is 0 Å². The molecule has 6 aromatic heterocycles. The molecule has 0 saturated heterocycles. The maximum Gasteiger partial charge on any atom is 0.0649 e. The lowest BCUT2D eigenvalue weighted by Gasteiger charge is -2.13. The van der Waals surface area contributed by atoms with Crippen LogP contribution in [0.3, 0.4) is 0 Å². The number of hydrogen-bond acceptors (Lipinski definition) is 8. The molecule has 0 N–H and O–H groups in total. The summed E-state index contributed by atoms with van der Waals surface area (Å²) in [5.41, 5.74) is 2.98. The Morgan fingerprint density at radius 3 is 0.860 bits per heavy atom. The van der Waals surface area contributed by atoms with E-state index in [1.807, 2.05) is 91.5 Å². The molecule has 0 aliphatic carbocycles. The van der Waals surface area contributed by atoms with Crippen LogP contribution in [0.1, 0.15) is 207 Å². The third-order valence-electron chi connectivity index (χ3n) is 21.4. The molecule has 8 aromatic carbocycles. The Kier molecular flexibility index (Phi) is 25.0. The number of hydrogen-bond donors (Lipinski definition) is 0. The molecule has 0 bridgehead atoms. The van der Waals surface area contributed by atoms with E-state index in [-0.39, 0.29) is 0 Å². The molecule has 100 heavy (non-hydrogen) atoms. The van der Waals surface area contributed by atoms with Crippen LogP contribution in [0.5, 0.6) is 0 Å². The fraction of sp³-hybridized carbons (Fsp3) is 0.435. The van der Waals surface area contributed by atoms with Gasteiger partial charge in [-0.1, -0.05) is 256 Å². The summed E-state index contributed by atoms with van der Waals surface area (Å²) in [6, 6.07) is 57.2. The molecule has 0 radical (unpaired) electrons. The summed E-state index contributed by atoms with van der Waals surface area (Å²) in [5.74, 6) is 6.51. The lowest BCUT2D eigenvalue weighted by Crippen LogP contribution is -1.99. The van der Waals surface area contributed by atoms with Gasteiger partial charge in [-0.05, 0) is 226 Å². The van der Waals surface area contributed by atoms with Crippen LogP contribution in [-0.4, -0.2) is 0 Å². The number of thiophene rings is 6. The smallest absolute Gasteiger partial charge is 0.0649 e. The topological polar surface area (TPSA) is 0 Å². The first kappa shape index (κ1) is 73.6. The predicted molar refractivity (Wildman–Crippen MR) is 461 cm³/mol. The standard InChI is InChI=1S/C50H56S6.C42H52S2/c1-31(2)9-7-11-33(5)13-17-37-21-27-45(51-37)53-39-19-23-41-35(29-39)15-25-43-47(41)49-50(55-43)48-42-24-20-40(30-36(42)16-26-44(48)56-49)54-46-28-22-38(52-46)18-14-34(6)12-8-10-32(3)4;1-27(2)9-7-11-29(5)13-15-31-17-21-35-33(25-31)19-23-37-39(35)41-42(43-37)40-36-22-18-32(26-34(36)20-24-38(40)44-41)16-14-30(6)12-8-10-28(3)4/h15-16,19-34H,7-14,17-18H2,1-6H3;17-30H,7-16H2,1-6H3. The molecule has 6 heterocycles. The first-order valence-electron chi connectivity index (χ1n) is 38.4. The summed E-state index contributed by atoms with van der Waals surface area (Å²) >= 11 is 15.7. The molecule has 4 atom stereocenters. The Balaban J connectivity index is 0.000000185. The number of aryl methyl sites for hydroxylation is 4. The van der Waals surface area contributed by atoms with E-state index in [0.717, 1.165) is 47.3 Å². The number of fused-ring (bicyclic) bond motifs is 18. The molecule has 8 heteroatoms. The summed E-state index contributed by atoms with van der Waals surface area (Å²) in [6.45, 7) is 28.5. The van der Waals surface area contributed by atoms with Crippen molar-refractivity contribution < 1.29 is 0 Å². The zero-order valence-corrected chi connectivity index (χ0v) is 68.4. The van der Waals surface area contributed by atoms with Crippen LogP contribution in [0.15, 0.2) is 164 Å². The van der Waals surface area contributed by atoms with E-state index >= 15 is 0 Å². The molecule has 4 unspecified atom stereocenters. The minimum Gasteiger partial charge on any atom is -0.134 e. The second-order valence-corrected chi connectivity index (χ2v) is 41.2. The molecule has 14 aromatic rings. The maximum atomic E-state index is 2.47. The Labute approximate surface area is 631 Å². The third-order valence-corrected chi connectivity index (χ3v) is 30.9. The van der Waals surface area contributed by atoms with Gasteiger partial charge >= 0.3 is 0 Å². The third kappa shape index (κ3) is 18.1. The van der Waals surface area contributed by atoms with Gasteiger partial charge in [0.15, 0.2) is 0 Å². The Hall–Kier alpha value is -4.74. The zero-order chi connectivity index (χ0) is 69.6. The SMILES string of the molecule is CC(C)CCCC(C)CCc1ccc(Sc2ccc3c(ccc4sc5c(sc6ccc7cc(Sc8ccc(CCC(C)CCCC(C)C)s8)ccc7c65)c43)c2)s1.CC(C)CCCC(C)CCc1ccc2c(ccc3sc4c(sc5ccc6cc(CCC(C)CCCC(C)C)ccc6c54)c32)c1. The highest BCUT2D eigenvalue weighted by Gasteiger charge is 2.21. The summed E-state index contributed by atoms with van der Waals surface area (Å²) in [5, 5.41) is 16.9. The average Bonchev–Trinajstić information content (AvgIpc) is 1.57. The largest absolute Gasteiger partial charge is 0.134 e. The van der Waals surface area contributed by atoms with Crippen molar-refractivity contribution >= 4 is 194 Å². The summed E-state index contributed by atoms with van der Waals surface area (Å²) in [6.07, 6.45) is 26.3. The average molecular weight is 1470 g/mol. The van der Waals surface area contributed by atoms with Crippen molar-refractivity contribution in [1.29, 1.82) is 0 Å². The minimum absolute atomic E-state index is 0.802. The summed E-state index contributed by atoms with van der Waals surface area (Å²) < 4.78 is 14.3. The van der Waals surface area contributed by atoms with Gasteiger partial charge in [0.2, 0.25) is 0 Å². The van der Waals surface area contributed by atoms with Crippen molar-refractivity contribution in [2.24, 2.45) is 47.3 Å². The highest BCUT2D eigenvalue weighted by Crippen LogP contribution is 2.51. The molecule has 14 rings (SSSR count). The van der Waals surface area contributed by atoms with E-state index in [2.05, 4.69) is 229 Å². The lowest BCUT2D eigenvalue weighted by atomic mass is 9.93. The second kappa shape index (κ2) is 34.0. The van der Waals surface area contributed by atoms with Crippen LogP contribution in [0.4, 0.5) is 0 Å². The molecule has 0 nitrogen and oxygen atoms in total. The molecular formula is C92H108S8. The Morgan fingerprint density at radius 1 is 0.260 bits per heavy atom. The quantitative estimate of drug-likeness (QED) is 0.0412. The van der Waals surface area contributed by atoms with Gasteiger partial charge in [0.05, 0.1) is 27.2 Å². The van der Waals surface area contributed by atoms with Crippen molar-refractivity contribution in [2.75, 3.05) is 0 Å². The molecular weight excluding hydrogens is 1360 g/mol. The predicted octanol–water partition coefficient (Wildman–Crippen LogP) is 33.2. The van der Waals surface area contributed by atoms with Gasteiger partial charge in [0.1, 0.15) is 0 Å². The zero-order valence-electron chi connectivity index (χ0n) is 61.9. The highest BCUT2D eigenvalue weighted by atomic mass is 32.2. The molecule has 0 fully saturated rings. The van der Waals surface area contributed by atoms with Crippen molar-refractivity contribution in [2.45, 2.75) is 230 Å². The maximum absolute atomic E-state index is 2.47. The summed E-state index contributed by atoms with van der Waals surface area (Å²) in [7, 11) is 0. The highest BCUT2D eigenvalue weighted by molar-refractivity contribution is 8.01. The van der Waals surface area contributed by atoms with Crippen LogP contribution in [0.2, 0.25) is 0 Å². The molecule has 0 saturated carbocycles. The molecule has 0 amide bonds. The second-order valence-electron chi connectivity index (χ2n) is 31.9. The van der Waals surface area contributed by atoms with E-state index in [9.17, 15) is 0 Å². The Morgan fingerprint density at radius 2 is 0.550 bits per heavy atom. The molecule has 524 valence electrons. The first-order chi connectivity index (χ1) is 48.4. The number of benzene rings is 8. The van der Waals surface area contributed by atoms with Gasteiger partial charge in [-0.3, -0.25) is 0 Å². The van der Waals surface area contributed by atoms with E-state index in [4.69, 9.17) is 0 Å². The van der Waals surface area contributed by atoms with Crippen molar-refractivity contribution in [1.82, 2.24) is 0 Å². The van der Waals surface area contributed by atoms with E-state index in [1.54, 1.807) is 0 Å². The van der Waals surface area contributed by atoms with Gasteiger partial charge in [0.25, 0.3) is 0 Å². The molecule has 0 spiro atoms. The molecule has 0 aliphatic rings. The van der Waals surface area contributed by atoms with E-state index < -0.39 is 0 Å². The van der Waals surface area contributed by atoms with Crippen molar-refractivity contribution in [3.8, 4) is 0 Å². The van der Waals surface area contributed by atoms with Crippen LogP contribution in [-0.2, 0) is 25.7 Å². The van der Waals surface area contributed by atoms with Crippen LogP contribution in [0, 0.1) is 47.3 Å². The lowest BCUT2D eigenvalue weighted by molar-refractivity contribution is 0.437. The van der Waals surface area contributed by atoms with E-state index in [1.165, 1.54) is 270 Å². The number of rotatable bonds is 32. The van der Waals surface area contributed by atoms with Crippen LogP contribution >= 0.6 is 91.5 Å². The van der Waals surface area contributed by atoms with Gasteiger partial charge in [-0.15, -0.1) is 68.0 Å². The fourth-order valence-corrected chi connectivity index (χ4v) is 25.2. The summed E-state index contributed by atoms with van der Waals surface area (Å²) in [4.78, 5) is 5.71. The van der Waals surface area contributed by atoms with Gasteiger partial charge < -0.3 is 0 Å². The normalized spacial score (nSPS) is 13.7. The van der Waals surface area contributed by atoms with Crippen molar-refractivity contribution in [3.63, 3.8) is 0 Å². The van der Waals surface area contributed by atoms with Gasteiger partial charge in [0, 0.05) is 59.9 Å². The monoisotopic (exact) mass is 1470 g/mol. The first-order valence-corrected chi connectivity index (χ1v) is 45.0. The molecule has 0 aliphatic heterocycles. The van der Waals surface area contributed by atoms with Gasteiger partial charge in [-0.2, -0.15) is 0 Å². The van der Waals surface area contributed by atoms with Crippen LogP contribution < -0.4 is 0 Å². The van der Waals surface area contributed by atoms with Gasteiger partial charge in [-0.25, -0.2) is 0 Å². The Bertz CT molecular complexity index is 4730. The fourth-order valence-electron chi connectivity index (χ4n) is 15.3. The van der Waals surface area contributed by atoms with Crippen molar-refractivity contribution in [3.05, 3.63) is 166 Å². The van der Waals surface area contributed by atoms with Crippen LogP contribution in [0.25, 0.3) is 102 Å². The minimum atomic E-state index is 0.802.